The summed E-state index contributed by atoms with van der Waals surface area (Å²) in [5, 5.41) is 15.7. The number of nitrogens with zero attached hydrogens (tertiary/aromatic N) is 6. The predicted molar refractivity (Wildman–Crippen MR) is 206 cm³/mol. The number of benzene rings is 4. The molecule has 0 aliphatic heterocycles. The highest BCUT2D eigenvalue weighted by molar-refractivity contribution is 6.25. The molecule has 0 fully saturated rings. The molecule has 0 unspecified atom stereocenters. The van der Waals surface area contributed by atoms with Crippen LogP contribution in [-0.4, -0.2) is 24.5 Å². The summed E-state index contributed by atoms with van der Waals surface area (Å²) < 4.78 is 8.74. The first-order chi connectivity index (χ1) is 25.8. The summed E-state index contributed by atoms with van der Waals surface area (Å²) in [7, 11) is 0. The maximum atomic E-state index is 11.6. The van der Waals surface area contributed by atoms with E-state index >= 15 is 0 Å². The quantitative estimate of drug-likeness (QED) is 0.181. The highest BCUT2D eigenvalue weighted by atomic mass is 16.3. The lowest BCUT2D eigenvalue weighted by Crippen LogP contribution is -2.08. The van der Waals surface area contributed by atoms with Crippen LogP contribution in [0.15, 0.2) is 163 Å². The van der Waals surface area contributed by atoms with Crippen molar-refractivity contribution in [3.63, 3.8) is 0 Å². The summed E-state index contributed by atoms with van der Waals surface area (Å²) in [5.41, 5.74) is 11.5. The molecule has 0 bridgehead atoms. The van der Waals surface area contributed by atoms with Gasteiger partial charge in [0.05, 0.1) is 27.7 Å². The molecule has 10 rings (SSSR count). The zero-order chi connectivity index (χ0) is 34.6. The van der Waals surface area contributed by atoms with Crippen LogP contribution in [0, 0.1) is 11.3 Å². The second-order valence-electron chi connectivity index (χ2n) is 12.6. The van der Waals surface area contributed by atoms with Crippen molar-refractivity contribution >= 4 is 43.7 Å². The van der Waals surface area contributed by atoms with Gasteiger partial charge in [-0.05, 0) is 48.5 Å². The van der Waals surface area contributed by atoms with Crippen molar-refractivity contribution in [1.29, 1.82) is 5.26 Å². The number of aromatic nitrogens is 5. The Bertz CT molecular complexity index is 3000. The van der Waals surface area contributed by atoms with Crippen LogP contribution in [0.25, 0.3) is 93.9 Å². The molecule has 4 aromatic carbocycles. The first-order valence-electron chi connectivity index (χ1n) is 16.9. The van der Waals surface area contributed by atoms with Crippen LogP contribution in [0.4, 0.5) is 0 Å². The number of fused-ring (bicyclic) bond motifs is 7. The van der Waals surface area contributed by atoms with Crippen molar-refractivity contribution in [2.75, 3.05) is 0 Å². The summed E-state index contributed by atoms with van der Waals surface area (Å²) in [5.74, 6) is 0. The van der Waals surface area contributed by atoms with E-state index in [1.807, 2.05) is 85.5 Å². The Morgan fingerprint density at radius 3 is 1.62 bits per heavy atom. The van der Waals surface area contributed by atoms with Crippen molar-refractivity contribution in [2.24, 2.45) is 0 Å². The topological polar surface area (TPSA) is 93.4 Å². The van der Waals surface area contributed by atoms with E-state index in [2.05, 4.69) is 79.1 Å². The average molecular weight is 667 g/mol. The standard InChI is InChI=1S/C45H26N6O/c46-23-35-39(28-9-5-19-47-24-28)40(29-10-6-20-48-25-29)41(30-11-7-21-49-26-30)42(31-12-8-22-50-27-31)45(35)51-36-15-3-1-13-32(36)33-17-18-38-43(44(33)51)34-14-2-4-16-37(34)52-38/h1-22,24-27H. The molecule has 0 atom stereocenters. The lowest BCUT2D eigenvalue weighted by molar-refractivity contribution is 0.669. The smallest absolute Gasteiger partial charge is 0.137 e. The van der Waals surface area contributed by atoms with Gasteiger partial charge in [-0.3, -0.25) is 19.9 Å². The Balaban J connectivity index is 1.54. The zero-order valence-corrected chi connectivity index (χ0v) is 27.6. The molecule has 6 heterocycles. The molecule has 6 aromatic heterocycles. The minimum atomic E-state index is 0.491. The van der Waals surface area contributed by atoms with E-state index in [0.29, 0.717) is 5.56 Å². The lowest BCUT2D eigenvalue weighted by Gasteiger charge is -2.26. The van der Waals surface area contributed by atoms with Gasteiger partial charge < -0.3 is 8.98 Å². The predicted octanol–water partition coefficient (Wildman–Crippen LogP) is 10.8. The van der Waals surface area contributed by atoms with Crippen molar-refractivity contribution in [1.82, 2.24) is 24.5 Å². The van der Waals surface area contributed by atoms with E-state index in [0.717, 1.165) is 93.9 Å². The number of nitriles is 1. The Kier molecular flexibility index (Phi) is 6.73. The largest absolute Gasteiger partial charge is 0.456 e. The molecule has 52 heavy (non-hydrogen) atoms. The first kappa shape index (κ1) is 29.5. The van der Waals surface area contributed by atoms with E-state index in [1.54, 1.807) is 24.8 Å². The highest BCUT2D eigenvalue weighted by Crippen LogP contribution is 2.52. The van der Waals surface area contributed by atoms with Gasteiger partial charge >= 0.3 is 0 Å². The molecule has 242 valence electrons. The van der Waals surface area contributed by atoms with Crippen LogP contribution in [0.2, 0.25) is 0 Å². The van der Waals surface area contributed by atoms with Gasteiger partial charge in [0.15, 0.2) is 0 Å². The van der Waals surface area contributed by atoms with Crippen LogP contribution in [0.5, 0.6) is 0 Å². The molecule has 0 saturated heterocycles. The molecule has 0 aliphatic carbocycles. The third-order valence-corrected chi connectivity index (χ3v) is 9.78. The third-order valence-electron chi connectivity index (χ3n) is 9.78. The molecule has 0 saturated carbocycles. The van der Waals surface area contributed by atoms with Crippen molar-refractivity contribution < 1.29 is 4.42 Å². The van der Waals surface area contributed by atoms with Gasteiger partial charge in [-0.1, -0.05) is 60.7 Å². The van der Waals surface area contributed by atoms with E-state index in [-0.39, 0.29) is 0 Å². The van der Waals surface area contributed by atoms with Gasteiger partial charge in [-0.25, -0.2) is 0 Å². The molecule has 0 aliphatic rings. The SMILES string of the molecule is N#Cc1c(-c2cccnc2)c(-c2cccnc2)c(-c2cccnc2)c(-c2cccnc2)c1-n1c2ccccc2c2ccc3oc4ccccc4c3c21. The number of furan rings is 1. The van der Waals surface area contributed by atoms with Crippen LogP contribution in [-0.2, 0) is 0 Å². The summed E-state index contributed by atoms with van der Waals surface area (Å²) >= 11 is 0. The lowest BCUT2D eigenvalue weighted by atomic mass is 9.80. The fourth-order valence-corrected chi connectivity index (χ4v) is 7.76. The van der Waals surface area contributed by atoms with Crippen LogP contribution in [0.1, 0.15) is 5.56 Å². The molecular formula is C45H26N6O. The molecule has 7 nitrogen and oxygen atoms in total. The fraction of sp³-hybridized carbons (Fsp3) is 0. The molecule has 10 aromatic rings. The highest BCUT2D eigenvalue weighted by Gasteiger charge is 2.31. The fourth-order valence-electron chi connectivity index (χ4n) is 7.76. The van der Waals surface area contributed by atoms with Gasteiger partial charge in [0.2, 0.25) is 0 Å². The Labute approximate surface area is 297 Å². The maximum absolute atomic E-state index is 11.6. The van der Waals surface area contributed by atoms with Gasteiger partial charge in [0, 0.05) is 110 Å². The van der Waals surface area contributed by atoms with Crippen molar-refractivity contribution in [3.05, 3.63) is 164 Å². The minimum Gasteiger partial charge on any atom is -0.456 e. The molecule has 0 N–H and O–H groups in total. The normalized spacial score (nSPS) is 11.4. The Morgan fingerprint density at radius 1 is 0.481 bits per heavy atom. The van der Waals surface area contributed by atoms with E-state index in [1.165, 1.54) is 0 Å². The Hall–Kier alpha value is -7.43. The minimum absolute atomic E-state index is 0.491. The van der Waals surface area contributed by atoms with Gasteiger partial charge in [-0.2, -0.15) is 5.26 Å². The maximum Gasteiger partial charge on any atom is 0.137 e. The number of para-hydroxylation sites is 2. The van der Waals surface area contributed by atoms with Gasteiger partial charge in [0.1, 0.15) is 17.2 Å². The molecule has 7 heteroatoms. The monoisotopic (exact) mass is 666 g/mol. The van der Waals surface area contributed by atoms with Gasteiger partial charge in [0.25, 0.3) is 0 Å². The number of hydrogen-bond donors (Lipinski definition) is 0. The van der Waals surface area contributed by atoms with Crippen molar-refractivity contribution in [3.8, 4) is 56.3 Å². The van der Waals surface area contributed by atoms with E-state index in [4.69, 9.17) is 4.42 Å². The van der Waals surface area contributed by atoms with Crippen LogP contribution in [0.3, 0.4) is 0 Å². The summed E-state index contributed by atoms with van der Waals surface area (Å²) in [6.07, 6.45) is 14.5. The molecule has 0 radical (unpaired) electrons. The first-order valence-corrected chi connectivity index (χ1v) is 16.9. The summed E-state index contributed by atoms with van der Waals surface area (Å²) in [6.45, 7) is 0. The van der Waals surface area contributed by atoms with Crippen LogP contribution >= 0.6 is 0 Å². The third kappa shape index (κ3) is 4.38. The number of pyridine rings is 4. The number of rotatable bonds is 5. The number of hydrogen-bond acceptors (Lipinski definition) is 6. The Morgan fingerprint density at radius 2 is 1.02 bits per heavy atom. The molecular weight excluding hydrogens is 641 g/mol. The van der Waals surface area contributed by atoms with E-state index < -0.39 is 0 Å². The van der Waals surface area contributed by atoms with Crippen molar-refractivity contribution in [2.45, 2.75) is 0 Å². The van der Waals surface area contributed by atoms with Crippen LogP contribution < -0.4 is 0 Å². The second-order valence-corrected chi connectivity index (χ2v) is 12.6. The summed E-state index contributed by atoms with van der Waals surface area (Å²) in [4.78, 5) is 18.3. The summed E-state index contributed by atoms with van der Waals surface area (Å²) in [6, 6.07) is 39.3. The zero-order valence-electron chi connectivity index (χ0n) is 27.6. The molecule has 0 spiro atoms. The van der Waals surface area contributed by atoms with Gasteiger partial charge in [-0.15, -0.1) is 0 Å². The average Bonchev–Trinajstić information content (AvgIpc) is 3.77. The van der Waals surface area contributed by atoms with E-state index in [9.17, 15) is 5.26 Å². The molecule has 0 amide bonds. The second kappa shape index (κ2) is 11.9.